The third kappa shape index (κ3) is 4.66. The molecular formula is C18H22N2O3S. The van der Waals surface area contributed by atoms with Crippen LogP contribution in [-0.4, -0.2) is 20.4 Å². The van der Waals surface area contributed by atoms with Crippen molar-refractivity contribution in [1.29, 1.82) is 0 Å². The fourth-order valence-corrected chi connectivity index (χ4v) is 3.44. The van der Waals surface area contributed by atoms with Crippen molar-refractivity contribution in [3.63, 3.8) is 0 Å². The second-order valence-corrected chi connectivity index (χ2v) is 7.52. The van der Waals surface area contributed by atoms with Gasteiger partial charge in [-0.2, -0.15) is 0 Å². The number of nitrogens with one attached hydrogen (secondary N) is 2. The Balaban J connectivity index is 2.09. The lowest BCUT2D eigenvalue weighted by Crippen LogP contribution is -2.30. The van der Waals surface area contributed by atoms with E-state index in [4.69, 9.17) is 0 Å². The number of hydrogen-bond acceptors (Lipinski definition) is 3. The van der Waals surface area contributed by atoms with E-state index in [0.717, 1.165) is 6.42 Å². The molecule has 1 amide bonds. The first kappa shape index (κ1) is 18.2. The van der Waals surface area contributed by atoms with Gasteiger partial charge in [0.25, 0.3) is 5.91 Å². The molecule has 0 aliphatic rings. The summed E-state index contributed by atoms with van der Waals surface area (Å²) in [5.41, 5.74) is 2.27. The van der Waals surface area contributed by atoms with Crippen LogP contribution < -0.4 is 10.0 Å². The first-order chi connectivity index (χ1) is 11.3. The fraction of sp³-hybridized carbons (Fsp3) is 0.278. The minimum atomic E-state index is -3.53. The van der Waals surface area contributed by atoms with Crippen LogP contribution in [0.1, 0.15) is 36.7 Å². The van der Waals surface area contributed by atoms with E-state index >= 15 is 0 Å². The number of aryl methyl sites for hydroxylation is 1. The predicted octanol–water partition coefficient (Wildman–Crippen LogP) is 3.19. The summed E-state index contributed by atoms with van der Waals surface area (Å²) in [6, 6.07) is 13.3. The zero-order valence-corrected chi connectivity index (χ0v) is 14.9. The topological polar surface area (TPSA) is 75.3 Å². The molecule has 2 aromatic carbocycles. The third-order valence-corrected chi connectivity index (χ3v) is 5.11. The Morgan fingerprint density at radius 2 is 1.58 bits per heavy atom. The number of rotatable bonds is 6. The Bertz CT molecular complexity index is 795. The maximum absolute atomic E-state index is 12.2. The molecule has 6 heteroatoms. The van der Waals surface area contributed by atoms with Gasteiger partial charge in [0.05, 0.1) is 4.90 Å². The van der Waals surface area contributed by atoms with Gasteiger partial charge in [0.15, 0.2) is 0 Å². The number of hydrogen-bond donors (Lipinski definition) is 2. The summed E-state index contributed by atoms with van der Waals surface area (Å²) >= 11 is 0. The Kier molecular flexibility index (Phi) is 5.75. The molecule has 5 nitrogen and oxygen atoms in total. The van der Waals surface area contributed by atoms with Gasteiger partial charge in [-0.25, -0.2) is 13.1 Å². The van der Waals surface area contributed by atoms with Crippen LogP contribution in [0.2, 0.25) is 0 Å². The van der Waals surface area contributed by atoms with Crippen LogP contribution in [0.15, 0.2) is 53.4 Å². The minimum Gasteiger partial charge on any atom is -0.322 e. The monoisotopic (exact) mass is 346 g/mol. The molecule has 0 aromatic heterocycles. The average Bonchev–Trinajstić information content (AvgIpc) is 2.54. The third-order valence-electron chi connectivity index (χ3n) is 3.44. The highest BCUT2D eigenvalue weighted by atomic mass is 32.2. The van der Waals surface area contributed by atoms with Crippen molar-refractivity contribution in [3.8, 4) is 0 Å². The molecule has 0 saturated heterocycles. The summed E-state index contributed by atoms with van der Waals surface area (Å²) in [6.45, 7) is 5.57. The number of benzene rings is 2. The van der Waals surface area contributed by atoms with Crippen LogP contribution >= 0.6 is 0 Å². The molecule has 0 aliphatic heterocycles. The van der Waals surface area contributed by atoms with Crippen LogP contribution in [0.5, 0.6) is 0 Å². The maximum Gasteiger partial charge on any atom is 0.255 e. The summed E-state index contributed by atoms with van der Waals surface area (Å²) in [7, 11) is -3.53. The average molecular weight is 346 g/mol. The molecule has 2 rings (SSSR count). The fourth-order valence-electron chi connectivity index (χ4n) is 2.19. The van der Waals surface area contributed by atoms with Gasteiger partial charge in [-0.05, 0) is 62.2 Å². The SMILES string of the molecule is CCc1ccc(C(=O)Nc2ccc(S(=O)(=O)NC(C)C)cc2)cc1. The van der Waals surface area contributed by atoms with Crippen molar-refractivity contribution in [2.24, 2.45) is 0 Å². The van der Waals surface area contributed by atoms with Crippen LogP contribution in [0.3, 0.4) is 0 Å². The molecule has 0 heterocycles. The van der Waals surface area contributed by atoms with E-state index in [-0.39, 0.29) is 16.8 Å². The summed E-state index contributed by atoms with van der Waals surface area (Å²) < 4.78 is 26.6. The van der Waals surface area contributed by atoms with E-state index in [1.165, 1.54) is 17.7 Å². The van der Waals surface area contributed by atoms with Crippen molar-refractivity contribution in [2.75, 3.05) is 5.32 Å². The molecule has 128 valence electrons. The Hall–Kier alpha value is -2.18. The summed E-state index contributed by atoms with van der Waals surface area (Å²) in [5.74, 6) is -0.228. The van der Waals surface area contributed by atoms with Crippen molar-refractivity contribution in [3.05, 3.63) is 59.7 Å². The largest absolute Gasteiger partial charge is 0.322 e. The smallest absolute Gasteiger partial charge is 0.255 e. The lowest BCUT2D eigenvalue weighted by molar-refractivity contribution is 0.102. The molecule has 0 aliphatic carbocycles. The molecule has 2 N–H and O–H groups in total. The van der Waals surface area contributed by atoms with E-state index < -0.39 is 10.0 Å². The summed E-state index contributed by atoms with van der Waals surface area (Å²) in [4.78, 5) is 12.4. The van der Waals surface area contributed by atoms with E-state index in [9.17, 15) is 13.2 Å². The molecular weight excluding hydrogens is 324 g/mol. The highest BCUT2D eigenvalue weighted by Gasteiger charge is 2.15. The lowest BCUT2D eigenvalue weighted by Gasteiger charge is -2.10. The Morgan fingerprint density at radius 1 is 1.00 bits per heavy atom. The zero-order valence-electron chi connectivity index (χ0n) is 14.0. The molecule has 0 atom stereocenters. The Morgan fingerprint density at radius 3 is 2.08 bits per heavy atom. The standard InChI is InChI=1S/C18H22N2O3S/c1-4-14-5-7-15(8-6-14)18(21)19-16-9-11-17(12-10-16)24(22,23)20-13(2)3/h5-13,20H,4H2,1-3H3,(H,19,21). The predicted molar refractivity (Wildman–Crippen MR) is 95.7 cm³/mol. The van der Waals surface area contributed by atoms with Crippen LogP contribution in [0, 0.1) is 0 Å². The van der Waals surface area contributed by atoms with E-state index in [2.05, 4.69) is 17.0 Å². The zero-order chi connectivity index (χ0) is 17.7. The van der Waals surface area contributed by atoms with Gasteiger partial charge < -0.3 is 5.32 Å². The van der Waals surface area contributed by atoms with Crippen molar-refractivity contribution < 1.29 is 13.2 Å². The minimum absolute atomic E-state index is 0.168. The molecule has 0 spiro atoms. The van der Waals surface area contributed by atoms with Gasteiger partial charge in [0.2, 0.25) is 10.0 Å². The van der Waals surface area contributed by atoms with E-state index in [1.807, 2.05) is 12.1 Å². The molecule has 0 unspecified atom stereocenters. The summed E-state index contributed by atoms with van der Waals surface area (Å²) in [5, 5.41) is 2.76. The molecule has 0 radical (unpaired) electrons. The van der Waals surface area contributed by atoms with Crippen LogP contribution in [0.4, 0.5) is 5.69 Å². The van der Waals surface area contributed by atoms with Gasteiger partial charge >= 0.3 is 0 Å². The van der Waals surface area contributed by atoms with E-state index in [1.54, 1.807) is 38.1 Å². The summed E-state index contributed by atoms with van der Waals surface area (Å²) in [6.07, 6.45) is 0.919. The van der Waals surface area contributed by atoms with Crippen molar-refractivity contribution in [1.82, 2.24) is 4.72 Å². The number of carbonyl (C=O) groups is 1. The van der Waals surface area contributed by atoms with Gasteiger partial charge in [-0.3, -0.25) is 4.79 Å². The second kappa shape index (κ2) is 7.59. The van der Waals surface area contributed by atoms with Gasteiger partial charge in [0.1, 0.15) is 0 Å². The molecule has 0 bridgehead atoms. The number of carbonyl (C=O) groups excluding carboxylic acids is 1. The number of sulfonamides is 1. The first-order valence-electron chi connectivity index (χ1n) is 7.84. The maximum atomic E-state index is 12.2. The van der Waals surface area contributed by atoms with Gasteiger partial charge in [0, 0.05) is 17.3 Å². The van der Waals surface area contributed by atoms with Crippen LogP contribution in [-0.2, 0) is 16.4 Å². The molecule has 0 saturated carbocycles. The number of amides is 1. The normalized spacial score (nSPS) is 11.5. The highest BCUT2D eigenvalue weighted by Crippen LogP contribution is 2.15. The van der Waals surface area contributed by atoms with Crippen molar-refractivity contribution in [2.45, 2.75) is 38.1 Å². The number of anilines is 1. The quantitative estimate of drug-likeness (QED) is 0.843. The van der Waals surface area contributed by atoms with Crippen LogP contribution in [0.25, 0.3) is 0 Å². The van der Waals surface area contributed by atoms with Gasteiger partial charge in [-0.1, -0.05) is 19.1 Å². The van der Waals surface area contributed by atoms with Crippen molar-refractivity contribution >= 4 is 21.6 Å². The van der Waals surface area contributed by atoms with Gasteiger partial charge in [-0.15, -0.1) is 0 Å². The first-order valence-corrected chi connectivity index (χ1v) is 9.33. The molecule has 2 aromatic rings. The second-order valence-electron chi connectivity index (χ2n) is 5.80. The molecule has 0 fully saturated rings. The molecule has 24 heavy (non-hydrogen) atoms. The Labute approximate surface area is 143 Å². The lowest BCUT2D eigenvalue weighted by atomic mass is 10.1. The van der Waals surface area contributed by atoms with E-state index in [0.29, 0.717) is 11.3 Å². The highest BCUT2D eigenvalue weighted by molar-refractivity contribution is 7.89.